The summed E-state index contributed by atoms with van der Waals surface area (Å²) in [7, 11) is -2.07. The lowest BCUT2D eigenvalue weighted by molar-refractivity contribution is -0.143. The Labute approximate surface area is 649 Å². The predicted octanol–water partition coefficient (Wildman–Crippen LogP) is 7.04. The summed E-state index contributed by atoms with van der Waals surface area (Å²) in [6, 6.07) is 20.1. The van der Waals surface area contributed by atoms with E-state index in [9.17, 15) is 65.3 Å². The highest BCUT2D eigenvalue weighted by Gasteiger charge is 2.40. The number of halogens is 2. The van der Waals surface area contributed by atoms with E-state index in [4.69, 9.17) is 10.5 Å². The first-order valence-corrected chi connectivity index (χ1v) is 40.2. The van der Waals surface area contributed by atoms with Gasteiger partial charge in [0, 0.05) is 105 Å². The number of hydrogen-bond donors (Lipinski definition) is 13. The number of carboxylic acid groups (broad SMARTS) is 1. The number of likely N-dealkylation sites (N-methyl/N-ethyl adjacent to an activating group) is 3. The van der Waals surface area contributed by atoms with Gasteiger partial charge in [0.25, 0.3) is 15.9 Å². The van der Waals surface area contributed by atoms with Crippen molar-refractivity contribution < 1.29 is 74.4 Å². The number of amides is 11. The highest BCUT2D eigenvalue weighted by Crippen LogP contribution is 2.31. The molecular formula is C75H99F2N19O14S2. The van der Waals surface area contributed by atoms with Gasteiger partial charge in [-0.2, -0.15) is 4.36 Å². The van der Waals surface area contributed by atoms with Crippen LogP contribution in [-0.4, -0.2) is 218 Å². The lowest BCUT2D eigenvalue weighted by Gasteiger charge is -2.30. The van der Waals surface area contributed by atoms with Crippen LogP contribution in [0.2, 0.25) is 0 Å². The number of hydrogen-bond acceptors (Lipinski definition) is 20. The number of likely N-dealkylation sites (tertiary alicyclic amines) is 1. The van der Waals surface area contributed by atoms with Gasteiger partial charge in [-0.1, -0.05) is 39.0 Å². The Hall–Kier alpha value is -11.2. The van der Waals surface area contributed by atoms with Gasteiger partial charge >= 0.3 is 24.1 Å². The Morgan fingerprint density at radius 1 is 0.723 bits per heavy atom. The Kier molecular flexibility index (Phi) is 31.8. The van der Waals surface area contributed by atoms with Crippen molar-refractivity contribution >= 4 is 113 Å². The number of ether oxygens (including phenoxy) is 1. The summed E-state index contributed by atoms with van der Waals surface area (Å²) in [4.78, 5) is 134. The molecule has 2 aliphatic rings. The zero-order chi connectivity index (χ0) is 81.2. The average Bonchev–Trinajstić information content (AvgIpc) is 1.74. The highest BCUT2D eigenvalue weighted by atomic mass is 32.2. The second-order valence-electron chi connectivity index (χ2n) is 27.8. The van der Waals surface area contributed by atoms with Crippen LogP contribution < -0.4 is 68.4 Å². The normalized spacial score (nSPS) is 15.0. The van der Waals surface area contributed by atoms with Crippen molar-refractivity contribution in [1.82, 2.24) is 56.2 Å². The maximum Gasteiger partial charge on any atom is 0.319 e. The molecule has 0 saturated carbocycles. The first kappa shape index (κ1) is 86.4. The van der Waals surface area contributed by atoms with Gasteiger partial charge in [0.2, 0.25) is 29.6 Å². The fourth-order valence-corrected chi connectivity index (χ4v) is 14.6. The van der Waals surface area contributed by atoms with Crippen LogP contribution in [0.3, 0.4) is 0 Å². The number of nitrogens with zero attached hydrogens (tertiary/aromatic N) is 7. The van der Waals surface area contributed by atoms with Gasteiger partial charge in [0.15, 0.2) is 5.82 Å². The number of benzene rings is 5. The molecule has 3 heterocycles. The van der Waals surface area contributed by atoms with Crippen LogP contribution in [-0.2, 0) is 54.3 Å². The molecule has 1 aromatic heterocycles. The maximum atomic E-state index is 15.2. The summed E-state index contributed by atoms with van der Waals surface area (Å²) in [5, 5.41) is 37.3. The number of nitrogens with two attached hydrogens (primary N) is 1. The molecule has 6 bridgehead atoms. The number of nitrogens with one attached hydrogen (secondary N) is 11. The van der Waals surface area contributed by atoms with Crippen LogP contribution in [0.4, 0.5) is 63.2 Å². The number of aromatic nitrogens is 2. The molecule has 112 heavy (non-hydrogen) atoms. The SMILES string of the molecule is CCCNC(=O)Nc1cccc(S(=O)(=O)Nc2cccc([C@H](CC(=O)O)NC(=O)Nc3ccc(NC(=O)NCCN(C)CCN(C)CCN(C)CC(=O)N[C@@H](CC(N)=O)C(=O)N4CCC[C@H]4C(=O)N[C@H](C(=O)N=[S@@](C)(=O)Cc4cc5cc(c4)OCCCCCNc4cc(ccc4F)-c4nc(ncc4F)N5)C(C)C)cc3)c2)c1. The Bertz CT molecular complexity index is 4590. The molecule has 6 aromatic rings. The minimum Gasteiger partial charge on any atom is -0.494 e. The molecule has 0 unspecified atom stereocenters. The number of urea groups is 3. The monoisotopic (exact) mass is 1590 g/mol. The van der Waals surface area contributed by atoms with Crippen molar-refractivity contribution in [2.75, 3.05) is 131 Å². The first-order valence-electron chi connectivity index (χ1n) is 36.6. The number of sulfonamides is 1. The minimum atomic E-state index is -4.19. The van der Waals surface area contributed by atoms with Gasteiger partial charge in [-0.15, -0.1) is 0 Å². The van der Waals surface area contributed by atoms with Crippen LogP contribution in [0.5, 0.6) is 5.75 Å². The van der Waals surface area contributed by atoms with Gasteiger partial charge in [0.05, 0.1) is 64.3 Å². The van der Waals surface area contributed by atoms with E-state index in [1.54, 1.807) is 56.1 Å². The standard InChI is InChI=1S/C75H99F2N19O14S2/c1-8-26-80-73(104)86-53-16-13-18-57(41-53)112(108,109)91-54-17-12-15-49(38-54)60(43-66(99)100)88-75(106)85-52-23-21-51(22-24-52)84-74(105)81-28-30-93(4)31-32-94(5)33-34-95(6)45-65(98)87-62(42-64(78)97)71(103)96-29-14-19-63(96)69(101)89-67(47(2)3)70(102)92-111(7,107)46-48-36-55-40-56(37-48)110-35-11-9-10-27-79-61-39-50(20-25-58(61)76)68-59(77)44-82-72(83-55)90-68/h12-13,15-18,20-25,36-41,44,47,60,62-63,67,79,91H,8-11,14,19,26-35,42-43,45-46H2,1-7H3,(H2,78,97)(H,87,98)(H,89,101)(H,99,100)(H2,80,86,104)(H2,81,84,105)(H,82,83,90)(H2,85,88,106)/t60-,62-,63-,67-,111-/m0/s1. The molecular weight excluding hydrogens is 1490 g/mol. The third-order valence-corrected chi connectivity index (χ3v) is 20.7. The third kappa shape index (κ3) is 27.4. The second kappa shape index (κ2) is 41.2. The number of carbonyl (C=O) groups excluding carboxylic acids is 8. The molecule has 1 fully saturated rings. The molecule has 2 aliphatic heterocycles. The molecule has 8 rings (SSSR count). The Morgan fingerprint density at radius 3 is 2.09 bits per heavy atom. The summed E-state index contributed by atoms with van der Waals surface area (Å²) >= 11 is 0. The molecule has 37 heteroatoms. The number of rotatable bonds is 33. The third-order valence-electron chi connectivity index (χ3n) is 17.9. The largest absolute Gasteiger partial charge is 0.494 e. The van der Waals surface area contributed by atoms with Gasteiger partial charge in [-0.3, -0.25) is 38.4 Å². The van der Waals surface area contributed by atoms with E-state index in [1.165, 1.54) is 90.0 Å². The van der Waals surface area contributed by atoms with Gasteiger partial charge in [-0.05, 0) is 162 Å². The summed E-state index contributed by atoms with van der Waals surface area (Å²) in [5.41, 5.74) is 8.18. The van der Waals surface area contributed by atoms with Crippen molar-refractivity contribution in [3.8, 4) is 17.0 Å². The van der Waals surface area contributed by atoms with E-state index in [1.807, 2.05) is 30.8 Å². The van der Waals surface area contributed by atoms with Crippen LogP contribution in [0, 0.1) is 17.6 Å². The first-order chi connectivity index (χ1) is 53.3. The molecule has 1 saturated heterocycles. The van der Waals surface area contributed by atoms with Crippen molar-refractivity contribution in [2.24, 2.45) is 16.0 Å². The number of carboxylic acids is 1. The average molecular weight is 1590 g/mol. The van der Waals surface area contributed by atoms with E-state index in [-0.39, 0.29) is 71.0 Å². The van der Waals surface area contributed by atoms with Crippen molar-refractivity contribution in [3.63, 3.8) is 0 Å². The fourth-order valence-electron chi connectivity index (χ4n) is 12.1. The van der Waals surface area contributed by atoms with Gasteiger partial charge in [0.1, 0.15) is 35.4 Å². The molecule has 11 amide bonds. The van der Waals surface area contributed by atoms with E-state index >= 15 is 4.39 Å². The molecule has 0 aliphatic carbocycles. The van der Waals surface area contributed by atoms with Crippen molar-refractivity contribution in [1.29, 1.82) is 0 Å². The van der Waals surface area contributed by atoms with Gasteiger partial charge < -0.3 is 83.4 Å². The maximum absolute atomic E-state index is 15.2. The molecule has 0 radical (unpaired) electrons. The van der Waals surface area contributed by atoms with Crippen molar-refractivity contribution in [3.05, 3.63) is 138 Å². The lowest BCUT2D eigenvalue weighted by Crippen LogP contribution is -2.57. The topological polar surface area (TPSA) is 444 Å². The second-order valence-corrected chi connectivity index (χ2v) is 31.9. The number of anilines is 7. The minimum absolute atomic E-state index is 0.00449. The molecule has 0 spiro atoms. The Morgan fingerprint density at radius 2 is 1.39 bits per heavy atom. The van der Waals surface area contributed by atoms with E-state index in [2.05, 4.69) is 72.2 Å². The van der Waals surface area contributed by atoms with Crippen LogP contribution in [0.25, 0.3) is 11.3 Å². The van der Waals surface area contributed by atoms with Gasteiger partial charge in [-0.25, -0.2) is 45.8 Å². The highest BCUT2D eigenvalue weighted by molar-refractivity contribution is 7.93. The van der Waals surface area contributed by atoms with E-state index in [0.29, 0.717) is 112 Å². The lowest BCUT2D eigenvalue weighted by atomic mass is 10.0. The smallest absolute Gasteiger partial charge is 0.319 e. The predicted molar refractivity (Wildman–Crippen MR) is 422 cm³/mol. The number of primary amides is 1. The summed E-state index contributed by atoms with van der Waals surface area (Å²) in [5.74, 6) is -6.65. The van der Waals surface area contributed by atoms with E-state index < -0.39 is 128 Å². The number of fused-ring (bicyclic) bond motifs is 7. The Balaban J connectivity index is 0.749. The van der Waals surface area contributed by atoms with Crippen LogP contribution in [0.15, 0.2) is 125 Å². The zero-order valence-electron chi connectivity index (χ0n) is 63.5. The molecule has 14 N–H and O–H groups in total. The molecule has 5 aromatic carbocycles. The summed E-state index contributed by atoms with van der Waals surface area (Å²) < 4.78 is 83.9. The van der Waals surface area contributed by atoms with Crippen molar-refractivity contribution in [2.45, 2.75) is 107 Å². The summed E-state index contributed by atoms with van der Waals surface area (Å²) in [6.07, 6.45) is 4.52. The molecule has 604 valence electrons. The van der Waals surface area contributed by atoms with Crippen LogP contribution >= 0.6 is 0 Å². The van der Waals surface area contributed by atoms with Crippen LogP contribution in [0.1, 0.15) is 89.3 Å². The molecule has 5 atom stereocenters. The van der Waals surface area contributed by atoms with E-state index in [0.717, 1.165) is 12.6 Å². The zero-order valence-corrected chi connectivity index (χ0v) is 65.2. The number of carbonyl (C=O) groups is 9. The number of aliphatic carboxylic acids is 1. The molecule has 33 nitrogen and oxygen atoms in total. The fraction of sp³-hybridized carbons (Fsp3) is 0.427. The quantitative estimate of drug-likeness (QED) is 0.0196. The summed E-state index contributed by atoms with van der Waals surface area (Å²) in [6.45, 7) is 9.29.